The van der Waals surface area contributed by atoms with Crippen LogP contribution in [-0.4, -0.2) is 73.4 Å². The van der Waals surface area contributed by atoms with Gasteiger partial charge in [0.25, 0.3) is 0 Å². The summed E-state index contributed by atoms with van der Waals surface area (Å²) in [6, 6.07) is -0.843. The number of carbonyl (C=O) groups excluding carboxylic acids is 1. The molecule has 448 valence electrons. The zero-order valence-electron chi connectivity index (χ0n) is 51.3. The molecule has 0 aliphatic carbocycles. The number of amides is 1. The fourth-order valence-electron chi connectivity index (χ4n) is 10.5. The maximum absolute atomic E-state index is 13.0. The summed E-state index contributed by atoms with van der Waals surface area (Å²) in [7, 11) is 1.59. The number of aliphatic hydroxyl groups is 1. The number of phosphoric acid groups is 1. The third-order valence-corrected chi connectivity index (χ3v) is 16.7. The Kier molecular flexibility index (Phi) is 57.3. The Bertz CT molecular complexity index is 1230. The van der Waals surface area contributed by atoms with E-state index in [0.29, 0.717) is 17.4 Å². The van der Waals surface area contributed by atoms with E-state index in [2.05, 4.69) is 19.2 Å². The highest BCUT2D eigenvalue weighted by Crippen LogP contribution is 2.43. The van der Waals surface area contributed by atoms with Gasteiger partial charge >= 0.3 is 7.82 Å². The number of nitrogens with zero attached hydrogens (tertiary/aromatic N) is 1. The second-order valence-corrected chi connectivity index (χ2v) is 26.0. The van der Waals surface area contributed by atoms with Crippen molar-refractivity contribution in [2.75, 3.05) is 40.9 Å². The molecule has 0 aliphatic heterocycles. The smallest absolute Gasteiger partial charge is 0.387 e. The Hall–Kier alpha value is -0.760. The van der Waals surface area contributed by atoms with Gasteiger partial charge in [-0.3, -0.25) is 13.8 Å². The number of allylic oxidation sites excluding steroid dienone is 1. The van der Waals surface area contributed by atoms with E-state index in [9.17, 15) is 19.4 Å². The Morgan fingerprint density at radius 1 is 0.440 bits per heavy atom. The molecule has 0 aromatic rings. The van der Waals surface area contributed by atoms with E-state index < -0.39 is 20.0 Å². The van der Waals surface area contributed by atoms with Gasteiger partial charge in [-0.15, -0.1) is 0 Å². The SMILES string of the molecule is CCCCCCCCCCCCCCCCCCCCCCCCCCCCCC/C=C/C(O)C(COP(=O)(O)OCC[N+](C)(C)C)NC(=O)CCCCCCCCCCCCCCCCCCCCCCCCC. The average molecular weight is 1080 g/mol. The van der Waals surface area contributed by atoms with Gasteiger partial charge in [0.05, 0.1) is 39.9 Å². The summed E-state index contributed by atoms with van der Waals surface area (Å²) in [6.07, 6.45) is 73.5. The van der Waals surface area contributed by atoms with E-state index in [4.69, 9.17) is 9.05 Å². The summed E-state index contributed by atoms with van der Waals surface area (Å²) >= 11 is 0. The van der Waals surface area contributed by atoms with Gasteiger partial charge in [-0.25, -0.2) is 4.57 Å². The lowest BCUT2D eigenvalue weighted by Gasteiger charge is -2.25. The van der Waals surface area contributed by atoms with Gasteiger partial charge in [0.15, 0.2) is 0 Å². The standard InChI is InChI=1S/C66H133N2O6P/c1-6-8-10-12-14-16-18-20-22-24-26-28-30-31-32-33-34-35-36-38-39-41-43-45-47-49-51-53-55-57-59-65(69)64(63-74-75(71,72)73-62-61-68(3,4)5)67-66(70)60-58-56-54-52-50-48-46-44-42-40-37-29-27-25-23-21-19-17-15-13-11-9-7-2/h57,59,64-65,69H,6-56,58,60-63H2,1-5H3,(H-,67,70,71,72)/p+1/b59-57+. The van der Waals surface area contributed by atoms with Crippen LogP contribution in [0.3, 0.4) is 0 Å². The molecule has 1 amide bonds. The number of likely N-dealkylation sites (N-methyl/N-ethyl adjacent to an activating group) is 1. The number of unbranched alkanes of at least 4 members (excludes halogenated alkanes) is 50. The van der Waals surface area contributed by atoms with Crippen LogP contribution in [0.1, 0.15) is 354 Å². The lowest BCUT2D eigenvalue weighted by atomic mass is 10.0. The summed E-state index contributed by atoms with van der Waals surface area (Å²) in [5.41, 5.74) is 0. The maximum Gasteiger partial charge on any atom is 0.472 e. The van der Waals surface area contributed by atoms with Crippen molar-refractivity contribution in [1.82, 2.24) is 5.32 Å². The molecule has 0 saturated heterocycles. The first-order valence-corrected chi connectivity index (χ1v) is 35.1. The van der Waals surface area contributed by atoms with Crippen LogP contribution in [0.2, 0.25) is 0 Å². The highest BCUT2D eigenvalue weighted by Gasteiger charge is 2.28. The molecule has 75 heavy (non-hydrogen) atoms. The molecule has 9 heteroatoms. The summed E-state index contributed by atoms with van der Waals surface area (Å²) < 4.78 is 23.8. The second kappa shape index (κ2) is 57.9. The highest BCUT2D eigenvalue weighted by molar-refractivity contribution is 7.47. The van der Waals surface area contributed by atoms with Crippen LogP contribution in [0.25, 0.3) is 0 Å². The molecule has 0 heterocycles. The summed E-state index contributed by atoms with van der Waals surface area (Å²) in [4.78, 5) is 23.4. The highest BCUT2D eigenvalue weighted by atomic mass is 31.2. The van der Waals surface area contributed by atoms with Crippen LogP contribution in [0.4, 0.5) is 0 Å². The Labute approximate surface area is 469 Å². The van der Waals surface area contributed by atoms with Crippen LogP contribution in [0, 0.1) is 0 Å². The number of nitrogens with one attached hydrogen (secondary N) is 1. The van der Waals surface area contributed by atoms with Gasteiger partial charge < -0.3 is 19.8 Å². The molecule has 0 fully saturated rings. The van der Waals surface area contributed by atoms with Crippen molar-refractivity contribution >= 4 is 13.7 Å². The maximum atomic E-state index is 13.0. The summed E-state index contributed by atoms with van der Waals surface area (Å²) in [5.74, 6) is -0.168. The minimum atomic E-state index is -4.35. The number of carbonyl (C=O) groups is 1. The molecule has 0 aliphatic rings. The largest absolute Gasteiger partial charge is 0.472 e. The van der Waals surface area contributed by atoms with Crippen LogP contribution < -0.4 is 5.32 Å². The van der Waals surface area contributed by atoms with E-state index in [1.807, 2.05) is 27.2 Å². The van der Waals surface area contributed by atoms with Crippen molar-refractivity contribution in [3.63, 3.8) is 0 Å². The topological polar surface area (TPSA) is 105 Å². The van der Waals surface area contributed by atoms with Crippen molar-refractivity contribution in [3.05, 3.63) is 12.2 Å². The minimum absolute atomic E-state index is 0.0654. The Balaban J connectivity index is 4.06. The van der Waals surface area contributed by atoms with Crippen LogP contribution in [0.15, 0.2) is 12.2 Å². The predicted molar refractivity (Wildman–Crippen MR) is 328 cm³/mol. The number of rotatable bonds is 63. The van der Waals surface area contributed by atoms with E-state index in [0.717, 1.165) is 32.1 Å². The first-order chi connectivity index (χ1) is 36.5. The molecule has 0 aromatic heterocycles. The normalized spacial score (nSPS) is 13.7. The van der Waals surface area contributed by atoms with Gasteiger partial charge in [0.2, 0.25) is 5.91 Å². The molecule has 0 spiro atoms. The molecule has 0 radical (unpaired) electrons. The Morgan fingerprint density at radius 3 is 0.987 bits per heavy atom. The van der Waals surface area contributed by atoms with Crippen LogP contribution in [0.5, 0.6) is 0 Å². The third kappa shape index (κ3) is 60.7. The van der Waals surface area contributed by atoms with Crippen LogP contribution >= 0.6 is 7.82 Å². The predicted octanol–water partition coefficient (Wildman–Crippen LogP) is 20.9. The second-order valence-electron chi connectivity index (χ2n) is 24.6. The van der Waals surface area contributed by atoms with Crippen molar-refractivity contribution in [1.29, 1.82) is 0 Å². The average Bonchev–Trinajstić information content (AvgIpc) is 3.37. The van der Waals surface area contributed by atoms with Crippen LogP contribution in [-0.2, 0) is 18.4 Å². The molecule has 0 bridgehead atoms. The molecule has 0 aromatic carbocycles. The molecular weight excluding hydrogens is 948 g/mol. The zero-order chi connectivity index (χ0) is 54.9. The molecule has 3 unspecified atom stereocenters. The van der Waals surface area contributed by atoms with E-state index in [1.54, 1.807) is 6.08 Å². The number of phosphoric ester groups is 1. The molecular formula is C66H134N2O6P+. The van der Waals surface area contributed by atoms with Gasteiger partial charge in [-0.2, -0.15) is 0 Å². The van der Waals surface area contributed by atoms with Crippen molar-refractivity contribution in [2.24, 2.45) is 0 Å². The molecule has 8 nitrogen and oxygen atoms in total. The quantitative estimate of drug-likeness (QED) is 0.0243. The fraction of sp³-hybridized carbons (Fsp3) is 0.955. The lowest BCUT2D eigenvalue weighted by Crippen LogP contribution is -2.45. The lowest BCUT2D eigenvalue weighted by molar-refractivity contribution is -0.870. The van der Waals surface area contributed by atoms with Gasteiger partial charge in [0, 0.05) is 6.42 Å². The fourth-order valence-corrected chi connectivity index (χ4v) is 11.3. The van der Waals surface area contributed by atoms with E-state index in [1.165, 1.54) is 302 Å². The van der Waals surface area contributed by atoms with Gasteiger partial charge in [0.1, 0.15) is 13.2 Å². The van der Waals surface area contributed by atoms with Crippen molar-refractivity contribution in [2.45, 2.75) is 366 Å². The molecule has 0 saturated carbocycles. The monoisotopic (exact) mass is 1080 g/mol. The Morgan fingerprint density at radius 2 is 0.707 bits per heavy atom. The number of quaternary nitrogens is 1. The number of aliphatic hydroxyl groups excluding tert-OH is 1. The van der Waals surface area contributed by atoms with Gasteiger partial charge in [-0.1, -0.05) is 341 Å². The zero-order valence-corrected chi connectivity index (χ0v) is 52.2. The van der Waals surface area contributed by atoms with E-state index >= 15 is 0 Å². The summed E-state index contributed by atoms with van der Waals surface area (Å²) in [5, 5.41) is 14.0. The van der Waals surface area contributed by atoms with Crippen molar-refractivity contribution < 1.29 is 32.9 Å². The first-order valence-electron chi connectivity index (χ1n) is 33.6. The number of hydrogen-bond acceptors (Lipinski definition) is 5. The van der Waals surface area contributed by atoms with E-state index in [-0.39, 0.29) is 19.1 Å². The summed E-state index contributed by atoms with van der Waals surface area (Å²) in [6.45, 7) is 4.89. The minimum Gasteiger partial charge on any atom is -0.387 e. The third-order valence-electron chi connectivity index (χ3n) is 15.8. The van der Waals surface area contributed by atoms with Gasteiger partial charge in [-0.05, 0) is 19.3 Å². The van der Waals surface area contributed by atoms with Crippen molar-refractivity contribution in [3.8, 4) is 0 Å². The molecule has 0 rings (SSSR count). The first kappa shape index (κ1) is 74.2. The molecule has 3 N–H and O–H groups in total. The number of hydrogen-bond donors (Lipinski definition) is 3. The molecule has 3 atom stereocenters.